The molecule has 0 aliphatic carbocycles. The molecule has 0 atom stereocenters. The summed E-state index contributed by atoms with van der Waals surface area (Å²) in [6, 6.07) is 10.8. The molecule has 0 saturated carbocycles. The van der Waals surface area contributed by atoms with E-state index in [1.54, 1.807) is 45.9 Å². The topological polar surface area (TPSA) is 113 Å². The summed E-state index contributed by atoms with van der Waals surface area (Å²) in [7, 11) is -7.17. The van der Waals surface area contributed by atoms with Gasteiger partial charge in [0.15, 0.2) is 0 Å². The second-order valence-electron chi connectivity index (χ2n) is 6.97. The Labute approximate surface area is 184 Å². The van der Waals surface area contributed by atoms with Gasteiger partial charge in [-0.15, -0.1) is 0 Å². The molecule has 8 nitrogen and oxygen atoms in total. The number of hydrogen-bond donors (Lipinski definition) is 2. The van der Waals surface area contributed by atoms with E-state index in [4.69, 9.17) is 0 Å². The van der Waals surface area contributed by atoms with Crippen molar-refractivity contribution >= 4 is 37.3 Å². The van der Waals surface area contributed by atoms with E-state index in [9.17, 15) is 21.6 Å². The summed E-state index contributed by atoms with van der Waals surface area (Å²) in [5.74, 6) is -0.495. The van der Waals surface area contributed by atoms with Crippen molar-refractivity contribution in [3.8, 4) is 0 Å². The number of rotatable bonds is 10. The zero-order valence-electron chi connectivity index (χ0n) is 18.2. The molecule has 0 fully saturated rings. The molecule has 0 aliphatic rings. The number of benzene rings is 2. The van der Waals surface area contributed by atoms with Gasteiger partial charge in [0.1, 0.15) is 0 Å². The van der Waals surface area contributed by atoms with E-state index in [0.29, 0.717) is 36.4 Å². The summed E-state index contributed by atoms with van der Waals surface area (Å²) < 4.78 is 53.5. The minimum absolute atomic E-state index is 0.00314. The Hall–Kier alpha value is -2.43. The van der Waals surface area contributed by atoms with Crippen molar-refractivity contribution in [3.05, 3.63) is 53.6 Å². The van der Waals surface area contributed by atoms with E-state index < -0.39 is 26.0 Å². The number of sulfonamides is 2. The van der Waals surface area contributed by atoms with Crippen molar-refractivity contribution < 1.29 is 21.6 Å². The number of anilines is 2. The first-order chi connectivity index (χ1) is 14.6. The number of carbonyl (C=O) groups is 1. The molecule has 0 aliphatic heterocycles. The molecule has 0 heterocycles. The van der Waals surface area contributed by atoms with Crippen LogP contribution in [0, 0.1) is 6.92 Å². The van der Waals surface area contributed by atoms with E-state index in [1.165, 1.54) is 28.6 Å². The number of carbonyl (C=O) groups excluding carboxylic acids is 1. The molecule has 1 amide bonds. The molecule has 2 aromatic carbocycles. The summed E-state index contributed by atoms with van der Waals surface area (Å²) in [6.07, 6.45) is 0.484. The summed E-state index contributed by atoms with van der Waals surface area (Å²) in [6.45, 7) is 7.63. The highest BCUT2D eigenvalue weighted by Crippen LogP contribution is 2.25. The van der Waals surface area contributed by atoms with Crippen LogP contribution in [0.3, 0.4) is 0 Å². The van der Waals surface area contributed by atoms with E-state index >= 15 is 0 Å². The minimum atomic E-state index is -3.69. The van der Waals surface area contributed by atoms with Gasteiger partial charge in [-0.3, -0.25) is 9.52 Å². The molecule has 10 heteroatoms. The van der Waals surface area contributed by atoms with Gasteiger partial charge < -0.3 is 5.32 Å². The van der Waals surface area contributed by atoms with Crippen molar-refractivity contribution in [2.75, 3.05) is 28.9 Å². The fourth-order valence-electron chi connectivity index (χ4n) is 3.07. The molecule has 31 heavy (non-hydrogen) atoms. The maximum absolute atomic E-state index is 12.8. The van der Waals surface area contributed by atoms with Crippen molar-refractivity contribution in [3.63, 3.8) is 0 Å². The smallest absolute Gasteiger partial charge is 0.255 e. The molecule has 2 rings (SSSR count). The maximum atomic E-state index is 12.8. The van der Waals surface area contributed by atoms with Crippen LogP contribution in [0.2, 0.25) is 0 Å². The lowest BCUT2D eigenvalue weighted by molar-refractivity contribution is 0.102. The van der Waals surface area contributed by atoms with E-state index in [-0.39, 0.29) is 16.2 Å². The van der Waals surface area contributed by atoms with Crippen LogP contribution in [-0.2, 0) is 20.0 Å². The molecule has 0 bridgehead atoms. The van der Waals surface area contributed by atoms with Crippen molar-refractivity contribution in [1.82, 2.24) is 4.31 Å². The zero-order valence-corrected chi connectivity index (χ0v) is 19.8. The first-order valence-corrected chi connectivity index (χ1v) is 13.2. The van der Waals surface area contributed by atoms with Crippen molar-refractivity contribution in [2.24, 2.45) is 0 Å². The monoisotopic (exact) mass is 467 g/mol. The number of hydrogen-bond acceptors (Lipinski definition) is 5. The van der Waals surface area contributed by atoms with Crippen LogP contribution in [0.25, 0.3) is 0 Å². The van der Waals surface area contributed by atoms with Crippen LogP contribution in [0.5, 0.6) is 0 Å². The highest BCUT2D eigenvalue weighted by Gasteiger charge is 2.23. The highest BCUT2D eigenvalue weighted by molar-refractivity contribution is 7.92. The fraction of sp³-hybridized carbons (Fsp3) is 0.381. The molecule has 170 valence electrons. The lowest BCUT2D eigenvalue weighted by Crippen LogP contribution is -2.30. The maximum Gasteiger partial charge on any atom is 0.255 e. The number of amides is 1. The average Bonchev–Trinajstić information content (AvgIpc) is 2.71. The third-order valence-corrected chi connectivity index (χ3v) is 8.28. The SMILES string of the molecule is CCCS(=O)(=O)Nc1cccc(NC(=O)c2cccc(S(=O)(=O)N(CC)CC)c2)c1C. The molecule has 2 aromatic rings. The van der Waals surface area contributed by atoms with Gasteiger partial charge in [-0.05, 0) is 49.2 Å². The van der Waals surface area contributed by atoms with Crippen LogP contribution < -0.4 is 10.0 Å². The summed E-state index contributed by atoms with van der Waals surface area (Å²) in [5.41, 5.74) is 1.55. The molecule has 0 spiro atoms. The average molecular weight is 468 g/mol. The van der Waals surface area contributed by atoms with Gasteiger partial charge >= 0.3 is 0 Å². The van der Waals surface area contributed by atoms with Gasteiger partial charge in [-0.25, -0.2) is 16.8 Å². The van der Waals surface area contributed by atoms with E-state index in [2.05, 4.69) is 10.0 Å². The van der Waals surface area contributed by atoms with E-state index in [1.807, 2.05) is 0 Å². The lowest BCUT2D eigenvalue weighted by atomic mass is 10.1. The first-order valence-electron chi connectivity index (χ1n) is 10.1. The summed E-state index contributed by atoms with van der Waals surface area (Å²) in [4.78, 5) is 12.8. The quantitative estimate of drug-likeness (QED) is 0.556. The van der Waals surface area contributed by atoms with Crippen LogP contribution in [-0.4, -0.2) is 45.9 Å². The molecular formula is C21H29N3O5S2. The largest absolute Gasteiger partial charge is 0.322 e. The fourth-order valence-corrected chi connectivity index (χ4v) is 5.77. The second-order valence-corrected chi connectivity index (χ2v) is 10.8. The molecular weight excluding hydrogens is 438 g/mol. The molecule has 0 unspecified atom stereocenters. The third kappa shape index (κ3) is 6.05. The number of nitrogens with one attached hydrogen (secondary N) is 2. The predicted octanol–water partition coefficient (Wildman–Crippen LogP) is 3.43. The zero-order chi connectivity index (χ0) is 23.2. The Bertz CT molecular complexity index is 1140. The molecule has 2 N–H and O–H groups in total. The second kappa shape index (κ2) is 10.3. The van der Waals surface area contributed by atoms with Crippen LogP contribution in [0.15, 0.2) is 47.4 Å². The first kappa shape index (κ1) is 24.8. The molecule has 0 saturated heterocycles. The van der Waals surface area contributed by atoms with Crippen LogP contribution >= 0.6 is 0 Å². The summed E-state index contributed by atoms with van der Waals surface area (Å²) >= 11 is 0. The Kier molecular flexibility index (Phi) is 8.21. The molecule has 0 aromatic heterocycles. The van der Waals surface area contributed by atoms with E-state index in [0.717, 1.165) is 0 Å². The summed E-state index contributed by atoms with van der Waals surface area (Å²) in [5, 5.41) is 2.74. The Morgan fingerprint density at radius 1 is 0.935 bits per heavy atom. The highest BCUT2D eigenvalue weighted by atomic mass is 32.2. The Morgan fingerprint density at radius 3 is 2.16 bits per heavy atom. The normalized spacial score (nSPS) is 12.0. The Balaban J connectivity index is 2.30. The Morgan fingerprint density at radius 2 is 1.55 bits per heavy atom. The number of nitrogens with zero attached hydrogens (tertiary/aromatic N) is 1. The van der Waals surface area contributed by atoms with Crippen LogP contribution in [0.1, 0.15) is 43.1 Å². The van der Waals surface area contributed by atoms with Gasteiger partial charge in [0.2, 0.25) is 20.0 Å². The van der Waals surface area contributed by atoms with Gasteiger partial charge in [0.05, 0.1) is 16.3 Å². The minimum Gasteiger partial charge on any atom is -0.322 e. The van der Waals surface area contributed by atoms with Gasteiger partial charge in [0, 0.05) is 24.3 Å². The van der Waals surface area contributed by atoms with Crippen LogP contribution in [0.4, 0.5) is 11.4 Å². The lowest BCUT2D eigenvalue weighted by Gasteiger charge is -2.19. The van der Waals surface area contributed by atoms with Crippen molar-refractivity contribution in [1.29, 1.82) is 0 Å². The van der Waals surface area contributed by atoms with Gasteiger partial charge in [-0.1, -0.05) is 32.9 Å². The third-order valence-electron chi connectivity index (χ3n) is 4.76. The predicted molar refractivity (Wildman–Crippen MR) is 123 cm³/mol. The standard InChI is InChI=1S/C21H29N3O5S2/c1-5-14-30(26,27)23-20-13-9-12-19(16(20)4)22-21(25)17-10-8-11-18(15-17)31(28,29)24(6-2)7-3/h8-13,15,23H,5-7,14H2,1-4H3,(H,22,25). The van der Waals surface area contributed by atoms with Gasteiger partial charge in [-0.2, -0.15) is 4.31 Å². The van der Waals surface area contributed by atoms with Crippen molar-refractivity contribution in [2.45, 2.75) is 39.0 Å². The van der Waals surface area contributed by atoms with Gasteiger partial charge in [0.25, 0.3) is 5.91 Å². The molecule has 0 radical (unpaired) electrons.